The SMILES string of the molecule is CCN(CC(C)O)C(=O)O. The minimum absolute atomic E-state index is 0.186. The minimum Gasteiger partial charge on any atom is -0.465 e. The normalized spacial score (nSPS) is 12.7. The molecular weight excluding hydrogens is 134 g/mol. The van der Waals surface area contributed by atoms with E-state index < -0.39 is 12.2 Å². The highest BCUT2D eigenvalue weighted by Crippen LogP contribution is 1.91. The first-order valence-electron chi connectivity index (χ1n) is 3.23. The molecule has 0 aliphatic rings. The van der Waals surface area contributed by atoms with E-state index in [2.05, 4.69) is 0 Å². The Morgan fingerprint density at radius 1 is 1.70 bits per heavy atom. The van der Waals surface area contributed by atoms with Crippen molar-refractivity contribution in [3.8, 4) is 0 Å². The lowest BCUT2D eigenvalue weighted by Crippen LogP contribution is -2.35. The molecule has 0 bridgehead atoms. The van der Waals surface area contributed by atoms with Gasteiger partial charge in [0.05, 0.1) is 6.10 Å². The first-order chi connectivity index (χ1) is 4.57. The van der Waals surface area contributed by atoms with Gasteiger partial charge in [0.25, 0.3) is 0 Å². The van der Waals surface area contributed by atoms with Crippen LogP contribution in [0.1, 0.15) is 13.8 Å². The third-order valence-electron chi connectivity index (χ3n) is 1.14. The largest absolute Gasteiger partial charge is 0.465 e. The van der Waals surface area contributed by atoms with Crippen LogP contribution in [0.25, 0.3) is 0 Å². The van der Waals surface area contributed by atoms with Crippen LogP contribution < -0.4 is 0 Å². The van der Waals surface area contributed by atoms with Gasteiger partial charge >= 0.3 is 6.09 Å². The van der Waals surface area contributed by atoms with E-state index in [1.165, 1.54) is 0 Å². The smallest absolute Gasteiger partial charge is 0.407 e. The number of aliphatic hydroxyl groups is 1. The highest BCUT2D eigenvalue weighted by Gasteiger charge is 2.10. The van der Waals surface area contributed by atoms with Gasteiger partial charge in [-0.3, -0.25) is 0 Å². The van der Waals surface area contributed by atoms with Gasteiger partial charge in [-0.2, -0.15) is 0 Å². The molecule has 1 atom stereocenters. The van der Waals surface area contributed by atoms with Gasteiger partial charge in [0, 0.05) is 13.1 Å². The number of hydrogen-bond acceptors (Lipinski definition) is 2. The van der Waals surface area contributed by atoms with E-state index in [0.29, 0.717) is 6.54 Å². The zero-order valence-corrected chi connectivity index (χ0v) is 6.24. The summed E-state index contributed by atoms with van der Waals surface area (Å²) in [5.41, 5.74) is 0. The highest BCUT2D eigenvalue weighted by molar-refractivity contribution is 5.64. The number of carboxylic acid groups (broad SMARTS) is 1. The van der Waals surface area contributed by atoms with Crippen LogP contribution in [-0.4, -0.2) is 40.4 Å². The lowest BCUT2D eigenvalue weighted by Gasteiger charge is -2.17. The van der Waals surface area contributed by atoms with Crippen molar-refractivity contribution in [3.05, 3.63) is 0 Å². The van der Waals surface area contributed by atoms with Gasteiger partial charge in [0.2, 0.25) is 0 Å². The molecule has 0 aromatic heterocycles. The molecule has 2 N–H and O–H groups in total. The first-order valence-corrected chi connectivity index (χ1v) is 3.23. The minimum atomic E-state index is -0.983. The Morgan fingerprint density at radius 2 is 2.20 bits per heavy atom. The Morgan fingerprint density at radius 3 is 2.30 bits per heavy atom. The quantitative estimate of drug-likeness (QED) is 0.606. The lowest BCUT2D eigenvalue weighted by molar-refractivity contribution is 0.107. The summed E-state index contributed by atoms with van der Waals surface area (Å²) in [6.07, 6.45) is -1.57. The van der Waals surface area contributed by atoms with Crippen molar-refractivity contribution in [1.29, 1.82) is 0 Å². The molecule has 4 nitrogen and oxygen atoms in total. The summed E-state index contributed by atoms with van der Waals surface area (Å²) in [6, 6.07) is 0. The van der Waals surface area contributed by atoms with Crippen LogP contribution in [0.4, 0.5) is 4.79 Å². The van der Waals surface area contributed by atoms with Crippen molar-refractivity contribution < 1.29 is 15.0 Å². The zero-order chi connectivity index (χ0) is 8.15. The molecule has 0 aliphatic carbocycles. The number of rotatable bonds is 3. The van der Waals surface area contributed by atoms with Gasteiger partial charge < -0.3 is 15.1 Å². The molecule has 10 heavy (non-hydrogen) atoms. The molecule has 0 saturated heterocycles. The van der Waals surface area contributed by atoms with Gasteiger partial charge in [-0.05, 0) is 13.8 Å². The summed E-state index contributed by atoms with van der Waals surface area (Å²) in [5.74, 6) is 0. The number of carbonyl (C=O) groups is 1. The second kappa shape index (κ2) is 4.11. The fourth-order valence-electron chi connectivity index (χ4n) is 0.661. The van der Waals surface area contributed by atoms with Crippen LogP contribution in [0.2, 0.25) is 0 Å². The molecule has 4 heteroatoms. The van der Waals surface area contributed by atoms with Crippen molar-refractivity contribution >= 4 is 6.09 Å². The maximum atomic E-state index is 10.3. The van der Waals surface area contributed by atoms with E-state index >= 15 is 0 Å². The third kappa shape index (κ3) is 3.29. The molecule has 60 valence electrons. The number of hydrogen-bond donors (Lipinski definition) is 2. The molecular formula is C6H13NO3. The van der Waals surface area contributed by atoms with Crippen LogP contribution in [0.3, 0.4) is 0 Å². The topological polar surface area (TPSA) is 60.8 Å². The summed E-state index contributed by atoms with van der Waals surface area (Å²) in [5, 5.41) is 17.2. The summed E-state index contributed by atoms with van der Waals surface area (Å²) >= 11 is 0. The van der Waals surface area contributed by atoms with Crippen molar-refractivity contribution in [3.63, 3.8) is 0 Å². The van der Waals surface area contributed by atoms with Crippen LogP contribution in [0.15, 0.2) is 0 Å². The molecule has 1 amide bonds. The Balaban J connectivity index is 3.72. The molecule has 0 rings (SSSR count). The standard InChI is InChI=1S/C6H13NO3/c1-3-7(6(9)10)4-5(2)8/h5,8H,3-4H2,1-2H3,(H,9,10). The van der Waals surface area contributed by atoms with Crippen molar-refractivity contribution in [1.82, 2.24) is 4.90 Å². The summed E-state index contributed by atoms with van der Waals surface area (Å²) in [4.78, 5) is 11.4. The third-order valence-corrected chi connectivity index (χ3v) is 1.14. The average molecular weight is 147 g/mol. The van der Waals surface area contributed by atoms with E-state index in [9.17, 15) is 4.79 Å². The van der Waals surface area contributed by atoms with Gasteiger partial charge in [-0.1, -0.05) is 0 Å². The summed E-state index contributed by atoms with van der Waals surface area (Å²) in [7, 11) is 0. The predicted molar refractivity (Wildman–Crippen MR) is 37.0 cm³/mol. The van der Waals surface area contributed by atoms with E-state index in [0.717, 1.165) is 4.90 Å². The van der Waals surface area contributed by atoms with Gasteiger partial charge in [-0.25, -0.2) is 4.79 Å². The fraction of sp³-hybridized carbons (Fsp3) is 0.833. The molecule has 0 aromatic rings. The van der Waals surface area contributed by atoms with Gasteiger partial charge in [0.1, 0.15) is 0 Å². The van der Waals surface area contributed by atoms with Crippen molar-refractivity contribution in [2.75, 3.05) is 13.1 Å². The van der Waals surface area contributed by atoms with E-state index in [-0.39, 0.29) is 6.54 Å². The highest BCUT2D eigenvalue weighted by atomic mass is 16.4. The van der Waals surface area contributed by atoms with Gasteiger partial charge in [0.15, 0.2) is 0 Å². The molecule has 0 aliphatic heterocycles. The van der Waals surface area contributed by atoms with Crippen LogP contribution in [-0.2, 0) is 0 Å². The summed E-state index contributed by atoms with van der Waals surface area (Å²) in [6.45, 7) is 3.90. The Kier molecular flexibility index (Phi) is 3.79. The number of aliphatic hydroxyl groups excluding tert-OH is 1. The Hall–Kier alpha value is -0.770. The van der Waals surface area contributed by atoms with E-state index in [1.807, 2.05) is 0 Å². The van der Waals surface area contributed by atoms with Crippen LogP contribution in [0.5, 0.6) is 0 Å². The number of amides is 1. The first kappa shape index (κ1) is 9.23. The van der Waals surface area contributed by atoms with Crippen LogP contribution in [0, 0.1) is 0 Å². The monoisotopic (exact) mass is 147 g/mol. The predicted octanol–water partition coefficient (Wildman–Crippen LogP) is 0.367. The zero-order valence-electron chi connectivity index (χ0n) is 6.24. The maximum absolute atomic E-state index is 10.3. The van der Waals surface area contributed by atoms with Gasteiger partial charge in [-0.15, -0.1) is 0 Å². The second-order valence-corrected chi connectivity index (χ2v) is 2.17. The average Bonchev–Trinajstić information content (AvgIpc) is 1.81. The van der Waals surface area contributed by atoms with Crippen molar-refractivity contribution in [2.45, 2.75) is 20.0 Å². The van der Waals surface area contributed by atoms with E-state index in [4.69, 9.17) is 10.2 Å². The Labute approximate surface area is 60.1 Å². The fourth-order valence-corrected chi connectivity index (χ4v) is 0.661. The van der Waals surface area contributed by atoms with Crippen LogP contribution >= 0.6 is 0 Å². The molecule has 0 spiro atoms. The van der Waals surface area contributed by atoms with Crippen molar-refractivity contribution in [2.24, 2.45) is 0 Å². The lowest BCUT2D eigenvalue weighted by atomic mass is 10.4. The molecule has 0 radical (unpaired) electrons. The second-order valence-electron chi connectivity index (χ2n) is 2.17. The molecule has 0 aromatic carbocycles. The molecule has 1 unspecified atom stereocenters. The van der Waals surface area contributed by atoms with E-state index in [1.54, 1.807) is 13.8 Å². The maximum Gasteiger partial charge on any atom is 0.407 e. The molecule has 0 fully saturated rings. The summed E-state index contributed by atoms with van der Waals surface area (Å²) < 4.78 is 0. The Bertz CT molecular complexity index is 114. The number of likely N-dealkylation sites (N-methyl/N-ethyl adjacent to an activating group) is 1. The molecule has 0 heterocycles. The molecule has 0 saturated carbocycles. The number of nitrogens with zero attached hydrogens (tertiary/aromatic N) is 1.